The summed E-state index contributed by atoms with van der Waals surface area (Å²) in [4.78, 5) is 23.5. The third kappa shape index (κ3) is 6.07. The highest BCUT2D eigenvalue weighted by molar-refractivity contribution is 5.90. The number of nitrogens with one attached hydrogen (secondary N) is 1. The zero-order valence-corrected chi connectivity index (χ0v) is 11.4. The molecule has 0 fully saturated rings. The van der Waals surface area contributed by atoms with Gasteiger partial charge in [-0.25, -0.2) is 4.79 Å². The van der Waals surface area contributed by atoms with E-state index in [2.05, 4.69) is 10.1 Å². The zero-order chi connectivity index (χ0) is 15.8. The fourth-order valence-electron chi connectivity index (χ4n) is 1.55. The Labute approximate surface area is 120 Å². The van der Waals surface area contributed by atoms with E-state index in [-0.39, 0.29) is 24.4 Å². The van der Waals surface area contributed by atoms with Crippen molar-refractivity contribution in [2.45, 2.75) is 19.5 Å². The third-order valence-electron chi connectivity index (χ3n) is 2.58. The number of hydrogen-bond acceptors (Lipinski definition) is 3. The summed E-state index contributed by atoms with van der Waals surface area (Å²) in [6, 6.07) is 5.28. The number of anilines is 1. The number of hydrogen-bond donors (Lipinski definition) is 2. The van der Waals surface area contributed by atoms with E-state index in [0.717, 1.165) is 0 Å². The number of ether oxygens (including phenoxy) is 1. The van der Waals surface area contributed by atoms with Crippen LogP contribution in [0.1, 0.15) is 12.8 Å². The minimum absolute atomic E-state index is 0.0529. The number of carbonyl (C=O) groups excluding carboxylic acids is 1. The molecule has 0 saturated heterocycles. The summed E-state index contributed by atoms with van der Waals surface area (Å²) in [7, 11) is 1.48. The van der Waals surface area contributed by atoms with Crippen molar-refractivity contribution in [3.63, 3.8) is 0 Å². The molecule has 0 heterocycles. The van der Waals surface area contributed by atoms with Gasteiger partial charge in [-0.15, -0.1) is 0 Å². The number of rotatable bonds is 7. The summed E-state index contributed by atoms with van der Waals surface area (Å²) in [5.74, 6) is -1.08. The Balaban J connectivity index is 2.59. The van der Waals surface area contributed by atoms with Crippen LogP contribution in [0.3, 0.4) is 0 Å². The number of alkyl halides is 2. The molecule has 21 heavy (non-hydrogen) atoms. The van der Waals surface area contributed by atoms with Crippen molar-refractivity contribution < 1.29 is 28.2 Å². The van der Waals surface area contributed by atoms with Gasteiger partial charge >= 0.3 is 18.6 Å². The molecule has 0 bridgehead atoms. The summed E-state index contributed by atoms with van der Waals surface area (Å²) >= 11 is 0. The summed E-state index contributed by atoms with van der Waals surface area (Å²) in [6.45, 7) is -2.76. The molecule has 2 N–H and O–H groups in total. The quantitative estimate of drug-likeness (QED) is 0.811. The molecule has 0 aliphatic rings. The SMILES string of the molecule is CN(CCCC(=O)O)C(=O)Nc1ccccc1OC(F)F. The van der Waals surface area contributed by atoms with E-state index in [4.69, 9.17) is 5.11 Å². The Morgan fingerprint density at radius 2 is 2.05 bits per heavy atom. The van der Waals surface area contributed by atoms with Crippen molar-refractivity contribution in [3.05, 3.63) is 24.3 Å². The van der Waals surface area contributed by atoms with Gasteiger partial charge in [0.1, 0.15) is 5.75 Å². The molecule has 2 amide bonds. The Kier molecular flexibility index (Phi) is 6.38. The van der Waals surface area contributed by atoms with Crippen molar-refractivity contribution in [1.29, 1.82) is 0 Å². The second-order valence-corrected chi connectivity index (χ2v) is 4.22. The first kappa shape index (κ1) is 16.7. The van der Waals surface area contributed by atoms with Crippen molar-refractivity contribution >= 4 is 17.7 Å². The number of nitrogens with zero attached hydrogens (tertiary/aromatic N) is 1. The van der Waals surface area contributed by atoms with Crippen LogP contribution in [-0.4, -0.2) is 42.2 Å². The Morgan fingerprint density at radius 3 is 2.67 bits per heavy atom. The van der Waals surface area contributed by atoms with Gasteiger partial charge in [-0.05, 0) is 18.6 Å². The average molecular weight is 302 g/mol. The minimum Gasteiger partial charge on any atom is -0.481 e. The highest BCUT2D eigenvalue weighted by Gasteiger charge is 2.14. The van der Waals surface area contributed by atoms with Crippen LogP contribution in [0.25, 0.3) is 0 Å². The molecule has 116 valence electrons. The van der Waals surface area contributed by atoms with Crippen molar-refractivity contribution in [3.8, 4) is 5.75 Å². The van der Waals surface area contributed by atoms with Gasteiger partial charge in [-0.3, -0.25) is 4.79 Å². The first-order chi connectivity index (χ1) is 9.90. The normalized spacial score (nSPS) is 10.3. The van der Waals surface area contributed by atoms with E-state index in [0.29, 0.717) is 6.42 Å². The summed E-state index contributed by atoms with van der Waals surface area (Å²) in [6.07, 6.45) is 0.247. The van der Waals surface area contributed by atoms with E-state index < -0.39 is 18.6 Å². The van der Waals surface area contributed by atoms with Gasteiger partial charge < -0.3 is 20.1 Å². The molecular formula is C13H16F2N2O4. The maximum absolute atomic E-state index is 12.2. The van der Waals surface area contributed by atoms with E-state index in [9.17, 15) is 18.4 Å². The van der Waals surface area contributed by atoms with Crippen molar-refractivity contribution in [2.75, 3.05) is 18.9 Å². The molecule has 0 atom stereocenters. The van der Waals surface area contributed by atoms with E-state index in [1.54, 1.807) is 6.07 Å². The number of aliphatic carboxylic acids is 1. The maximum Gasteiger partial charge on any atom is 0.387 e. The summed E-state index contributed by atoms with van der Waals surface area (Å²) < 4.78 is 28.8. The highest BCUT2D eigenvalue weighted by atomic mass is 19.3. The number of halogens is 2. The molecule has 1 aromatic carbocycles. The number of urea groups is 1. The van der Waals surface area contributed by atoms with Crippen LogP contribution in [0.15, 0.2) is 24.3 Å². The van der Waals surface area contributed by atoms with Crippen LogP contribution < -0.4 is 10.1 Å². The lowest BCUT2D eigenvalue weighted by molar-refractivity contribution is -0.137. The molecule has 1 aromatic rings. The highest BCUT2D eigenvalue weighted by Crippen LogP contribution is 2.25. The monoisotopic (exact) mass is 302 g/mol. The molecule has 0 saturated carbocycles. The topological polar surface area (TPSA) is 78.9 Å². The first-order valence-electron chi connectivity index (χ1n) is 6.18. The molecule has 1 rings (SSSR count). The van der Waals surface area contributed by atoms with E-state index in [1.807, 2.05) is 0 Å². The Morgan fingerprint density at radius 1 is 1.38 bits per heavy atom. The molecule has 0 aliphatic carbocycles. The van der Waals surface area contributed by atoms with Crippen molar-refractivity contribution in [1.82, 2.24) is 4.90 Å². The fraction of sp³-hybridized carbons (Fsp3) is 0.385. The van der Waals surface area contributed by atoms with Crippen LogP contribution >= 0.6 is 0 Å². The number of para-hydroxylation sites is 2. The van der Waals surface area contributed by atoms with Crippen LogP contribution in [0, 0.1) is 0 Å². The molecular weight excluding hydrogens is 286 g/mol. The number of benzene rings is 1. The average Bonchev–Trinajstić information content (AvgIpc) is 2.39. The van der Waals surface area contributed by atoms with Gasteiger partial charge in [-0.1, -0.05) is 12.1 Å². The van der Waals surface area contributed by atoms with Crippen LogP contribution in [-0.2, 0) is 4.79 Å². The minimum atomic E-state index is -2.99. The number of amides is 2. The largest absolute Gasteiger partial charge is 0.481 e. The Bertz CT molecular complexity index is 497. The lowest BCUT2D eigenvalue weighted by Crippen LogP contribution is -2.32. The molecule has 0 unspecified atom stereocenters. The maximum atomic E-state index is 12.2. The fourth-order valence-corrected chi connectivity index (χ4v) is 1.55. The smallest absolute Gasteiger partial charge is 0.387 e. The summed E-state index contributed by atoms with van der Waals surface area (Å²) in [5.41, 5.74) is 0.118. The van der Waals surface area contributed by atoms with Gasteiger partial charge in [0.05, 0.1) is 5.69 Å². The van der Waals surface area contributed by atoms with Crippen LogP contribution in [0.2, 0.25) is 0 Å². The standard InChI is InChI=1S/C13H16F2N2O4/c1-17(8-4-7-11(18)19)13(20)16-9-5-2-3-6-10(9)21-12(14)15/h2-3,5-6,12H,4,7-8H2,1H3,(H,16,20)(H,18,19). The lowest BCUT2D eigenvalue weighted by atomic mass is 10.3. The molecule has 0 aromatic heterocycles. The first-order valence-corrected chi connectivity index (χ1v) is 6.18. The van der Waals surface area contributed by atoms with Gasteiger partial charge in [0, 0.05) is 20.0 Å². The molecule has 0 radical (unpaired) electrons. The predicted molar refractivity (Wildman–Crippen MR) is 71.6 cm³/mol. The van der Waals surface area contributed by atoms with Crippen molar-refractivity contribution in [2.24, 2.45) is 0 Å². The van der Waals surface area contributed by atoms with Crippen LogP contribution in [0.4, 0.5) is 19.3 Å². The number of carboxylic acid groups (broad SMARTS) is 1. The zero-order valence-electron chi connectivity index (χ0n) is 11.4. The number of carbonyl (C=O) groups is 2. The van der Waals surface area contributed by atoms with Gasteiger partial charge in [0.2, 0.25) is 0 Å². The predicted octanol–water partition coefficient (Wildman–Crippen LogP) is 2.62. The van der Waals surface area contributed by atoms with Gasteiger partial charge in [0.25, 0.3) is 0 Å². The van der Waals surface area contributed by atoms with Gasteiger partial charge in [-0.2, -0.15) is 8.78 Å². The van der Waals surface area contributed by atoms with Gasteiger partial charge in [0.15, 0.2) is 0 Å². The molecule has 0 spiro atoms. The number of carboxylic acids is 1. The van der Waals surface area contributed by atoms with Crippen LogP contribution in [0.5, 0.6) is 5.75 Å². The third-order valence-corrected chi connectivity index (χ3v) is 2.58. The summed E-state index contributed by atoms with van der Waals surface area (Å²) in [5, 5.41) is 10.9. The second kappa shape index (κ2) is 8.03. The Hall–Kier alpha value is -2.38. The second-order valence-electron chi connectivity index (χ2n) is 4.22. The molecule has 8 heteroatoms. The van der Waals surface area contributed by atoms with E-state index in [1.165, 1.54) is 30.1 Å². The molecule has 0 aliphatic heterocycles. The molecule has 6 nitrogen and oxygen atoms in total. The van der Waals surface area contributed by atoms with E-state index >= 15 is 0 Å². The lowest BCUT2D eigenvalue weighted by Gasteiger charge is -2.18.